The first kappa shape index (κ1) is 9.52. The van der Waals surface area contributed by atoms with E-state index in [-0.39, 0.29) is 17.8 Å². The summed E-state index contributed by atoms with van der Waals surface area (Å²) in [4.78, 5) is 13.7. The molecule has 0 aromatic heterocycles. The van der Waals surface area contributed by atoms with Crippen LogP contribution in [-0.2, 0) is 9.53 Å². The molecule has 0 spiro atoms. The standard InChI is InChI=1S/C10H15NO3/c1-2-14-10(13)9-7-4-3-5-11(7)6-8(9)12/h7,12H,2-6H2,1H3/t7-/m1/s1. The van der Waals surface area contributed by atoms with Crippen molar-refractivity contribution in [2.45, 2.75) is 25.8 Å². The minimum absolute atomic E-state index is 0.106. The van der Waals surface area contributed by atoms with Crippen LogP contribution in [0.25, 0.3) is 0 Å². The molecule has 2 aliphatic heterocycles. The number of hydrogen-bond acceptors (Lipinski definition) is 4. The Labute approximate surface area is 83.2 Å². The van der Waals surface area contributed by atoms with Crippen LogP contribution in [0.2, 0.25) is 0 Å². The van der Waals surface area contributed by atoms with Crippen molar-refractivity contribution < 1.29 is 14.6 Å². The molecule has 0 bridgehead atoms. The van der Waals surface area contributed by atoms with Crippen LogP contribution in [0, 0.1) is 0 Å². The average Bonchev–Trinajstić information content (AvgIpc) is 2.63. The molecule has 14 heavy (non-hydrogen) atoms. The van der Waals surface area contributed by atoms with Crippen LogP contribution < -0.4 is 0 Å². The van der Waals surface area contributed by atoms with Gasteiger partial charge in [0.2, 0.25) is 0 Å². The van der Waals surface area contributed by atoms with Crippen LogP contribution >= 0.6 is 0 Å². The molecule has 2 heterocycles. The first-order valence-corrected chi connectivity index (χ1v) is 5.07. The maximum Gasteiger partial charge on any atom is 0.339 e. The number of ether oxygens (including phenoxy) is 1. The fourth-order valence-electron chi connectivity index (χ4n) is 2.27. The highest BCUT2D eigenvalue weighted by Gasteiger charge is 2.40. The van der Waals surface area contributed by atoms with Gasteiger partial charge in [-0.05, 0) is 26.3 Å². The molecule has 2 rings (SSSR count). The van der Waals surface area contributed by atoms with Crippen LogP contribution in [0.3, 0.4) is 0 Å². The lowest BCUT2D eigenvalue weighted by atomic mass is 10.1. The lowest BCUT2D eigenvalue weighted by Crippen LogP contribution is -2.27. The molecule has 4 heteroatoms. The van der Waals surface area contributed by atoms with E-state index in [2.05, 4.69) is 4.90 Å². The summed E-state index contributed by atoms with van der Waals surface area (Å²) in [7, 11) is 0. The minimum atomic E-state index is -0.348. The van der Waals surface area contributed by atoms with Crippen LogP contribution in [0.15, 0.2) is 11.3 Å². The minimum Gasteiger partial charge on any atom is -0.510 e. The molecule has 0 saturated carbocycles. The van der Waals surface area contributed by atoms with Gasteiger partial charge in [-0.1, -0.05) is 0 Å². The van der Waals surface area contributed by atoms with Crippen molar-refractivity contribution in [3.05, 3.63) is 11.3 Å². The van der Waals surface area contributed by atoms with Gasteiger partial charge in [-0.25, -0.2) is 4.79 Å². The van der Waals surface area contributed by atoms with Gasteiger partial charge in [0.15, 0.2) is 0 Å². The van der Waals surface area contributed by atoms with Gasteiger partial charge in [-0.3, -0.25) is 4.90 Å². The molecular weight excluding hydrogens is 182 g/mol. The number of aliphatic hydroxyl groups excluding tert-OH is 1. The van der Waals surface area contributed by atoms with Gasteiger partial charge < -0.3 is 9.84 Å². The second-order valence-electron chi connectivity index (χ2n) is 3.71. The monoisotopic (exact) mass is 197 g/mol. The number of hydrogen-bond donors (Lipinski definition) is 1. The number of esters is 1. The summed E-state index contributed by atoms with van der Waals surface area (Å²) in [5.74, 6) is -0.146. The van der Waals surface area contributed by atoms with Gasteiger partial charge in [0.05, 0.1) is 18.7 Å². The van der Waals surface area contributed by atoms with Crippen molar-refractivity contribution in [2.24, 2.45) is 0 Å². The highest BCUT2D eigenvalue weighted by molar-refractivity contribution is 5.91. The molecule has 1 saturated heterocycles. The van der Waals surface area contributed by atoms with E-state index in [9.17, 15) is 9.90 Å². The quantitative estimate of drug-likeness (QED) is 0.666. The van der Waals surface area contributed by atoms with Crippen molar-refractivity contribution in [3.8, 4) is 0 Å². The maximum absolute atomic E-state index is 11.5. The van der Waals surface area contributed by atoms with Crippen LogP contribution in [-0.4, -0.2) is 41.7 Å². The Morgan fingerprint density at radius 2 is 2.50 bits per heavy atom. The van der Waals surface area contributed by atoms with Crippen LogP contribution in [0.5, 0.6) is 0 Å². The summed E-state index contributed by atoms with van der Waals surface area (Å²) >= 11 is 0. The van der Waals surface area contributed by atoms with Gasteiger partial charge in [0, 0.05) is 6.04 Å². The van der Waals surface area contributed by atoms with Gasteiger partial charge >= 0.3 is 5.97 Å². The van der Waals surface area contributed by atoms with Gasteiger partial charge in [0.1, 0.15) is 5.76 Å². The largest absolute Gasteiger partial charge is 0.510 e. The third-order valence-corrected chi connectivity index (χ3v) is 2.86. The third kappa shape index (κ3) is 1.39. The van der Waals surface area contributed by atoms with Crippen LogP contribution in [0.1, 0.15) is 19.8 Å². The Morgan fingerprint density at radius 3 is 3.21 bits per heavy atom. The molecule has 0 aliphatic carbocycles. The summed E-state index contributed by atoms with van der Waals surface area (Å²) in [5, 5.41) is 9.63. The number of nitrogens with zero attached hydrogens (tertiary/aromatic N) is 1. The molecule has 0 aromatic rings. The fraction of sp³-hybridized carbons (Fsp3) is 0.700. The molecule has 0 radical (unpaired) electrons. The van der Waals surface area contributed by atoms with E-state index in [1.54, 1.807) is 6.92 Å². The van der Waals surface area contributed by atoms with E-state index in [0.29, 0.717) is 18.7 Å². The first-order chi connectivity index (χ1) is 6.74. The normalized spacial score (nSPS) is 26.8. The zero-order valence-electron chi connectivity index (χ0n) is 8.32. The van der Waals surface area contributed by atoms with Gasteiger partial charge in [0.25, 0.3) is 0 Å². The fourth-order valence-corrected chi connectivity index (χ4v) is 2.27. The number of fused-ring (bicyclic) bond motifs is 1. The zero-order chi connectivity index (χ0) is 10.1. The van der Waals surface area contributed by atoms with E-state index in [0.717, 1.165) is 19.4 Å². The van der Waals surface area contributed by atoms with Crippen LogP contribution in [0.4, 0.5) is 0 Å². The Kier molecular flexibility index (Phi) is 2.46. The van der Waals surface area contributed by atoms with Gasteiger partial charge in [-0.2, -0.15) is 0 Å². The van der Waals surface area contributed by atoms with Crippen molar-refractivity contribution >= 4 is 5.97 Å². The summed E-state index contributed by atoms with van der Waals surface area (Å²) in [6.07, 6.45) is 2.05. The molecule has 0 unspecified atom stereocenters. The molecule has 1 atom stereocenters. The van der Waals surface area contributed by atoms with Gasteiger partial charge in [-0.15, -0.1) is 0 Å². The Hall–Kier alpha value is -1.03. The number of aliphatic hydroxyl groups is 1. The summed E-state index contributed by atoms with van der Waals surface area (Å²) in [6.45, 7) is 3.62. The highest BCUT2D eigenvalue weighted by Crippen LogP contribution is 2.32. The number of carbonyl (C=O) groups is 1. The van der Waals surface area contributed by atoms with E-state index >= 15 is 0 Å². The molecule has 4 nitrogen and oxygen atoms in total. The molecule has 78 valence electrons. The van der Waals surface area contributed by atoms with E-state index < -0.39 is 0 Å². The molecule has 0 aromatic carbocycles. The Morgan fingerprint density at radius 1 is 1.71 bits per heavy atom. The Balaban J connectivity index is 2.15. The predicted molar refractivity (Wildman–Crippen MR) is 50.9 cm³/mol. The summed E-state index contributed by atoms with van der Waals surface area (Å²) < 4.78 is 4.92. The molecule has 1 fully saturated rings. The van der Waals surface area contributed by atoms with Crippen molar-refractivity contribution in [3.63, 3.8) is 0 Å². The second kappa shape index (κ2) is 3.61. The summed E-state index contributed by atoms with van der Waals surface area (Å²) in [6, 6.07) is 0.106. The Bertz CT molecular complexity index is 285. The number of carbonyl (C=O) groups excluding carboxylic acids is 1. The SMILES string of the molecule is CCOC(=O)C1=C(O)CN2CCC[C@H]12. The highest BCUT2D eigenvalue weighted by atomic mass is 16.5. The topological polar surface area (TPSA) is 49.8 Å². The van der Waals surface area contributed by atoms with Crippen molar-refractivity contribution in [2.75, 3.05) is 19.7 Å². The molecule has 1 N–H and O–H groups in total. The van der Waals surface area contributed by atoms with Crippen molar-refractivity contribution in [1.29, 1.82) is 0 Å². The van der Waals surface area contributed by atoms with Crippen molar-refractivity contribution in [1.82, 2.24) is 4.90 Å². The molecule has 0 amide bonds. The number of rotatable bonds is 2. The molecular formula is C10H15NO3. The third-order valence-electron chi connectivity index (χ3n) is 2.86. The lowest BCUT2D eigenvalue weighted by molar-refractivity contribution is -0.139. The predicted octanol–water partition coefficient (Wildman–Crippen LogP) is 0.840. The lowest BCUT2D eigenvalue weighted by Gasteiger charge is -2.15. The first-order valence-electron chi connectivity index (χ1n) is 5.07. The summed E-state index contributed by atoms with van der Waals surface area (Å²) in [5.41, 5.74) is 0.490. The van der Waals surface area contributed by atoms with E-state index in [1.165, 1.54) is 0 Å². The smallest absolute Gasteiger partial charge is 0.339 e. The molecule has 2 aliphatic rings. The second-order valence-corrected chi connectivity index (χ2v) is 3.71. The average molecular weight is 197 g/mol. The van der Waals surface area contributed by atoms with E-state index in [4.69, 9.17) is 4.74 Å². The van der Waals surface area contributed by atoms with E-state index in [1.807, 2.05) is 0 Å². The maximum atomic E-state index is 11.5. The zero-order valence-corrected chi connectivity index (χ0v) is 8.32.